The number of H-pyrrole nitrogens is 1. The van der Waals surface area contributed by atoms with Crippen LogP contribution in [0.15, 0.2) is 54.9 Å². The molecular formula is C23H18N4O4. The van der Waals surface area contributed by atoms with Crippen molar-refractivity contribution in [3.63, 3.8) is 0 Å². The van der Waals surface area contributed by atoms with Crippen molar-refractivity contribution >= 4 is 33.6 Å². The highest BCUT2D eigenvalue weighted by atomic mass is 16.5. The summed E-state index contributed by atoms with van der Waals surface area (Å²) in [4.78, 5) is 27.9. The van der Waals surface area contributed by atoms with Crippen LogP contribution in [0.25, 0.3) is 21.7 Å². The Morgan fingerprint density at radius 2 is 2.03 bits per heavy atom. The largest absolute Gasteiger partial charge is 0.497 e. The SMILES string of the molecule is COc1ccc2cn(C[C@@]3(C#Cc4cccc5[nH]ccc45)NC(=O)NC3=O)c(O)c2c1. The number of benzene rings is 2. The molecule has 3 heterocycles. The number of ether oxygens (including phenoxy) is 1. The third kappa shape index (κ3) is 3.04. The Bertz CT molecular complexity index is 1420. The summed E-state index contributed by atoms with van der Waals surface area (Å²) in [6, 6.07) is 12.2. The zero-order valence-corrected chi connectivity index (χ0v) is 16.5. The number of hydrogen-bond donors (Lipinski definition) is 4. The number of carbonyl (C=O) groups excluding carboxylic acids is 2. The average Bonchev–Trinajstić information content (AvgIpc) is 3.43. The third-order valence-electron chi connectivity index (χ3n) is 5.42. The highest BCUT2D eigenvalue weighted by Gasteiger charge is 2.46. The van der Waals surface area contributed by atoms with Gasteiger partial charge in [0, 0.05) is 39.6 Å². The minimum absolute atomic E-state index is 0.0447. The maximum Gasteiger partial charge on any atom is 0.323 e. The number of amides is 3. The highest BCUT2D eigenvalue weighted by Crippen LogP contribution is 2.32. The summed E-state index contributed by atoms with van der Waals surface area (Å²) in [5, 5.41) is 17.9. The van der Waals surface area contributed by atoms with Crippen LogP contribution in [0.3, 0.4) is 0 Å². The molecule has 154 valence electrons. The third-order valence-corrected chi connectivity index (χ3v) is 5.42. The summed E-state index contributed by atoms with van der Waals surface area (Å²) in [5.74, 6) is 5.98. The van der Waals surface area contributed by atoms with Crippen LogP contribution in [-0.4, -0.2) is 39.2 Å². The number of fused-ring (bicyclic) bond motifs is 2. The van der Waals surface area contributed by atoms with Gasteiger partial charge in [-0.05, 0) is 36.4 Å². The van der Waals surface area contributed by atoms with E-state index in [4.69, 9.17) is 4.74 Å². The predicted octanol–water partition coefficient (Wildman–Crippen LogP) is 2.47. The molecule has 2 aromatic heterocycles. The van der Waals surface area contributed by atoms with Gasteiger partial charge in [-0.15, -0.1) is 0 Å². The van der Waals surface area contributed by atoms with Crippen LogP contribution in [0.5, 0.6) is 11.6 Å². The number of aromatic nitrogens is 2. The molecule has 31 heavy (non-hydrogen) atoms. The summed E-state index contributed by atoms with van der Waals surface area (Å²) in [6.45, 7) is -0.0660. The van der Waals surface area contributed by atoms with Crippen molar-refractivity contribution in [3.05, 3.63) is 60.4 Å². The van der Waals surface area contributed by atoms with Gasteiger partial charge in [0.25, 0.3) is 5.91 Å². The van der Waals surface area contributed by atoms with Crippen molar-refractivity contribution in [2.45, 2.75) is 12.1 Å². The number of urea groups is 1. The number of hydrogen-bond acceptors (Lipinski definition) is 4. The number of nitrogens with zero attached hydrogens (tertiary/aromatic N) is 1. The summed E-state index contributed by atoms with van der Waals surface area (Å²) in [7, 11) is 1.54. The van der Waals surface area contributed by atoms with Gasteiger partial charge in [0.2, 0.25) is 5.54 Å². The lowest BCUT2D eigenvalue weighted by molar-refractivity contribution is -0.122. The predicted molar refractivity (Wildman–Crippen MR) is 115 cm³/mol. The van der Waals surface area contributed by atoms with Crippen molar-refractivity contribution < 1.29 is 19.4 Å². The van der Waals surface area contributed by atoms with Gasteiger partial charge in [0.15, 0.2) is 5.88 Å². The van der Waals surface area contributed by atoms with E-state index in [-0.39, 0.29) is 12.4 Å². The Balaban J connectivity index is 1.59. The monoisotopic (exact) mass is 414 g/mol. The first kappa shape index (κ1) is 18.6. The second-order valence-corrected chi connectivity index (χ2v) is 7.34. The van der Waals surface area contributed by atoms with E-state index >= 15 is 0 Å². The Labute approximate surface area is 176 Å². The highest BCUT2D eigenvalue weighted by molar-refractivity contribution is 6.09. The Kier molecular flexibility index (Phi) is 4.12. The molecule has 0 spiro atoms. The lowest BCUT2D eigenvalue weighted by Crippen LogP contribution is -2.49. The van der Waals surface area contributed by atoms with Crippen molar-refractivity contribution in [1.29, 1.82) is 0 Å². The summed E-state index contributed by atoms with van der Waals surface area (Å²) >= 11 is 0. The number of nitrogens with one attached hydrogen (secondary N) is 3. The molecule has 1 saturated heterocycles. The molecule has 4 aromatic rings. The van der Waals surface area contributed by atoms with Gasteiger partial charge in [0.05, 0.1) is 13.7 Å². The molecule has 0 aliphatic carbocycles. The van der Waals surface area contributed by atoms with Gasteiger partial charge in [-0.2, -0.15) is 0 Å². The molecule has 3 amide bonds. The molecule has 0 unspecified atom stereocenters. The van der Waals surface area contributed by atoms with Crippen LogP contribution >= 0.6 is 0 Å². The maximum atomic E-state index is 12.8. The fourth-order valence-electron chi connectivity index (χ4n) is 3.83. The van der Waals surface area contributed by atoms with Gasteiger partial charge in [-0.3, -0.25) is 10.1 Å². The topological polar surface area (TPSA) is 108 Å². The van der Waals surface area contributed by atoms with E-state index in [1.54, 1.807) is 25.4 Å². The van der Waals surface area contributed by atoms with Crippen LogP contribution in [-0.2, 0) is 11.3 Å². The molecule has 5 rings (SSSR count). The van der Waals surface area contributed by atoms with Gasteiger partial charge in [-0.25, -0.2) is 4.79 Å². The van der Waals surface area contributed by atoms with Gasteiger partial charge < -0.3 is 24.7 Å². The van der Waals surface area contributed by atoms with Crippen molar-refractivity contribution in [3.8, 4) is 23.5 Å². The number of rotatable bonds is 3. The molecule has 0 saturated carbocycles. The van der Waals surface area contributed by atoms with E-state index in [1.807, 2.05) is 36.5 Å². The number of aromatic hydroxyl groups is 1. The van der Waals surface area contributed by atoms with Crippen molar-refractivity contribution in [1.82, 2.24) is 20.2 Å². The Morgan fingerprint density at radius 1 is 1.16 bits per heavy atom. The van der Waals surface area contributed by atoms with E-state index < -0.39 is 17.5 Å². The van der Waals surface area contributed by atoms with E-state index in [9.17, 15) is 14.7 Å². The molecule has 0 bridgehead atoms. The van der Waals surface area contributed by atoms with Crippen LogP contribution in [0.4, 0.5) is 4.79 Å². The Hall–Kier alpha value is -4.38. The average molecular weight is 414 g/mol. The molecule has 8 heteroatoms. The van der Waals surface area contributed by atoms with E-state index in [0.29, 0.717) is 11.1 Å². The molecule has 8 nitrogen and oxygen atoms in total. The second-order valence-electron chi connectivity index (χ2n) is 7.34. The first-order valence-corrected chi connectivity index (χ1v) is 9.58. The standard InChI is InChI=1S/C23H18N4O4/c1-31-16-6-5-15-12-27(20(28)18(15)11-16)13-23(21(29)25-22(30)26-23)9-7-14-3-2-4-19-17(14)8-10-24-19/h2-6,8,10-12,24,28H,13H2,1H3,(H2,25,26,29,30)/t23-/m1/s1. The van der Waals surface area contributed by atoms with Gasteiger partial charge in [-0.1, -0.05) is 17.9 Å². The quantitative estimate of drug-likeness (QED) is 0.305. The van der Waals surface area contributed by atoms with Crippen LogP contribution in [0, 0.1) is 11.8 Å². The van der Waals surface area contributed by atoms with Crippen molar-refractivity contribution in [2.24, 2.45) is 0 Å². The van der Waals surface area contributed by atoms with Gasteiger partial charge in [0.1, 0.15) is 5.75 Å². The molecule has 1 fully saturated rings. The summed E-state index contributed by atoms with van der Waals surface area (Å²) in [5.41, 5.74) is 0.106. The van der Waals surface area contributed by atoms with Crippen molar-refractivity contribution in [2.75, 3.05) is 7.11 Å². The first-order valence-electron chi connectivity index (χ1n) is 9.58. The van der Waals surface area contributed by atoms with E-state index in [2.05, 4.69) is 27.5 Å². The molecule has 1 aliphatic heterocycles. The van der Waals surface area contributed by atoms with Crippen LogP contribution in [0.2, 0.25) is 0 Å². The lowest BCUT2D eigenvalue weighted by Gasteiger charge is -2.20. The molecule has 1 aliphatic rings. The Morgan fingerprint density at radius 3 is 2.81 bits per heavy atom. The number of imide groups is 1. The number of carbonyl (C=O) groups is 2. The summed E-state index contributed by atoms with van der Waals surface area (Å²) < 4.78 is 6.72. The van der Waals surface area contributed by atoms with Crippen LogP contribution < -0.4 is 15.4 Å². The zero-order valence-electron chi connectivity index (χ0n) is 16.5. The van der Waals surface area contributed by atoms with E-state index in [1.165, 1.54) is 4.57 Å². The lowest BCUT2D eigenvalue weighted by atomic mass is 9.99. The minimum atomic E-state index is -1.54. The normalized spacial score (nSPS) is 18.0. The summed E-state index contributed by atoms with van der Waals surface area (Å²) in [6.07, 6.45) is 3.52. The molecular weight excluding hydrogens is 396 g/mol. The fourth-order valence-corrected chi connectivity index (χ4v) is 3.83. The smallest absolute Gasteiger partial charge is 0.323 e. The number of aromatic amines is 1. The molecule has 2 aromatic carbocycles. The first-order chi connectivity index (χ1) is 15.0. The second kappa shape index (κ2) is 6.85. The van der Waals surface area contributed by atoms with E-state index in [0.717, 1.165) is 21.9 Å². The molecule has 4 N–H and O–H groups in total. The fraction of sp³-hybridized carbons (Fsp3) is 0.130. The number of methoxy groups -OCH3 is 1. The zero-order chi connectivity index (χ0) is 21.6. The molecule has 0 radical (unpaired) electrons. The molecule has 1 atom stereocenters. The maximum absolute atomic E-state index is 12.8. The van der Waals surface area contributed by atoms with Crippen LogP contribution in [0.1, 0.15) is 5.56 Å². The minimum Gasteiger partial charge on any atom is -0.497 e. The van der Waals surface area contributed by atoms with Gasteiger partial charge >= 0.3 is 6.03 Å².